The molecule has 0 saturated carbocycles. The van der Waals surface area contributed by atoms with E-state index in [0.717, 1.165) is 5.56 Å². The van der Waals surface area contributed by atoms with Gasteiger partial charge in [-0.05, 0) is 43.2 Å². The topological polar surface area (TPSA) is 85.3 Å². The average Bonchev–Trinajstić information content (AvgIpc) is 3.14. The minimum absolute atomic E-state index is 0.0706. The van der Waals surface area contributed by atoms with Crippen LogP contribution in [0.4, 0.5) is 5.69 Å². The fourth-order valence-corrected chi connectivity index (χ4v) is 4.60. The quantitative estimate of drug-likeness (QED) is 0.251. The molecule has 1 N–H and O–H groups in total. The Morgan fingerprint density at radius 2 is 1.72 bits per heavy atom. The number of carbonyl (C=O) groups is 2. The van der Waals surface area contributed by atoms with Gasteiger partial charge in [-0.3, -0.25) is 14.5 Å². The summed E-state index contributed by atoms with van der Waals surface area (Å²) in [5, 5.41) is 11.8. The normalized spacial score (nSPS) is 16.8. The molecule has 1 atom stereocenters. The van der Waals surface area contributed by atoms with Gasteiger partial charge in [-0.15, -0.1) is 0 Å². The highest BCUT2D eigenvalue weighted by atomic mass is 35.5. The summed E-state index contributed by atoms with van der Waals surface area (Å²) in [6.45, 7) is 4.19. The second kappa shape index (κ2) is 10.3. The van der Waals surface area contributed by atoms with E-state index in [0.29, 0.717) is 23.6 Å². The maximum absolute atomic E-state index is 13.5. The van der Waals surface area contributed by atoms with Crippen LogP contribution in [-0.4, -0.2) is 37.6 Å². The predicted octanol–water partition coefficient (Wildman–Crippen LogP) is 5.69. The zero-order valence-corrected chi connectivity index (χ0v) is 21.1. The fourth-order valence-electron chi connectivity index (χ4n) is 4.37. The van der Waals surface area contributed by atoms with E-state index in [9.17, 15) is 14.7 Å². The molecule has 0 radical (unpaired) electrons. The molecule has 0 aliphatic carbocycles. The van der Waals surface area contributed by atoms with Crippen LogP contribution in [0.3, 0.4) is 0 Å². The molecule has 1 unspecified atom stereocenters. The van der Waals surface area contributed by atoms with Crippen molar-refractivity contribution in [3.63, 3.8) is 0 Å². The van der Waals surface area contributed by atoms with Crippen LogP contribution < -0.4 is 19.1 Å². The number of halogens is 1. The second-order valence-electron chi connectivity index (χ2n) is 8.14. The van der Waals surface area contributed by atoms with Gasteiger partial charge in [-0.25, -0.2) is 0 Å². The van der Waals surface area contributed by atoms with Crippen LogP contribution in [0.1, 0.15) is 29.7 Å². The molecule has 0 bridgehead atoms. The van der Waals surface area contributed by atoms with E-state index >= 15 is 0 Å². The standard InChI is InChI=1S/C28H26ClNO6/c1-5-36-18-11-8-10-17(13-18)30-25(19-12-7-6-9-16(19)2)24(27(32)28(30)33)26(31)20-14-23(35-4)21(29)15-22(20)34-3/h6-15,25,31H,5H2,1-4H3/b26-24+. The van der Waals surface area contributed by atoms with E-state index in [-0.39, 0.29) is 27.7 Å². The number of methoxy groups -OCH3 is 2. The van der Waals surface area contributed by atoms with Crippen molar-refractivity contribution in [2.45, 2.75) is 19.9 Å². The molecule has 1 saturated heterocycles. The Morgan fingerprint density at radius 3 is 2.39 bits per heavy atom. The van der Waals surface area contributed by atoms with Gasteiger partial charge in [0.1, 0.15) is 23.0 Å². The lowest BCUT2D eigenvalue weighted by atomic mass is 9.92. The van der Waals surface area contributed by atoms with Crippen molar-refractivity contribution in [2.75, 3.05) is 25.7 Å². The number of anilines is 1. The molecule has 0 aromatic heterocycles. The highest BCUT2D eigenvalue weighted by Gasteiger charge is 2.47. The third-order valence-corrected chi connectivity index (χ3v) is 6.36. The van der Waals surface area contributed by atoms with E-state index in [1.165, 1.54) is 31.3 Å². The van der Waals surface area contributed by atoms with Gasteiger partial charge in [-0.1, -0.05) is 41.9 Å². The van der Waals surface area contributed by atoms with E-state index in [2.05, 4.69) is 0 Å². The number of Topliss-reactive ketones (excluding diaryl/α,β-unsaturated/α-hetero) is 1. The SMILES string of the molecule is CCOc1cccc(N2C(=O)C(=O)/C(=C(/O)c3cc(OC)c(Cl)cc3OC)C2c2ccccc2C)c1. The molecule has 4 rings (SSSR count). The number of ether oxygens (including phenoxy) is 3. The van der Waals surface area contributed by atoms with Crippen molar-refractivity contribution in [3.05, 3.63) is 87.9 Å². The molecule has 1 fully saturated rings. The zero-order valence-electron chi connectivity index (χ0n) is 20.4. The number of hydrogen-bond donors (Lipinski definition) is 1. The number of carbonyl (C=O) groups excluding carboxylic acids is 2. The predicted molar refractivity (Wildman–Crippen MR) is 138 cm³/mol. The second-order valence-corrected chi connectivity index (χ2v) is 8.55. The molecule has 36 heavy (non-hydrogen) atoms. The van der Waals surface area contributed by atoms with Crippen molar-refractivity contribution < 1.29 is 28.9 Å². The molecule has 0 spiro atoms. The van der Waals surface area contributed by atoms with E-state index < -0.39 is 23.5 Å². The number of hydrogen-bond acceptors (Lipinski definition) is 6. The largest absolute Gasteiger partial charge is 0.507 e. The van der Waals surface area contributed by atoms with Crippen LogP contribution in [0.5, 0.6) is 17.2 Å². The smallest absolute Gasteiger partial charge is 0.300 e. The molecular formula is C28H26ClNO6. The fraction of sp³-hybridized carbons (Fsp3) is 0.214. The zero-order chi connectivity index (χ0) is 26.0. The van der Waals surface area contributed by atoms with Crippen LogP contribution in [-0.2, 0) is 9.59 Å². The van der Waals surface area contributed by atoms with Crippen LogP contribution in [0, 0.1) is 6.92 Å². The Kier molecular flexibility index (Phi) is 7.22. The van der Waals surface area contributed by atoms with Gasteiger partial charge in [0.05, 0.1) is 43.0 Å². The van der Waals surface area contributed by atoms with Gasteiger partial charge >= 0.3 is 0 Å². The minimum atomic E-state index is -0.894. The summed E-state index contributed by atoms with van der Waals surface area (Å²) in [5.74, 6) is -0.908. The Balaban J connectivity index is 2.00. The average molecular weight is 508 g/mol. The first-order valence-electron chi connectivity index (χ1n) is 11.3. The number of amides is 1. The molecule has 186 valence electrons. The molecule has 3 aromatic carbocycles. The van der Waals surface area contributed by atoms with Crippen molar-refractivity contribution in [3.8, 4) is 17.2 Å². The molecule has 1 aliphatic rings. The molecule has 1 heterocycles. The van der Waals surface area contributed by atoms with Gasteiger partial charge in [0, 0.05) is 17.8 Å². The lowest BCUT2D eigenvalue weighted by Gasteiger charge is -2.27. The first kappa shape index (κ1) is 25.1. The number of nitrogens with zero attached hydrogens (tertiary/aromatic N) is 1. The summed E-state index contributed by atoms with van der Waals surface area (Å²) >= 11 is 6.24. The number of ketones is 1. The molecule has 1 amide bonds. The Hall–Kier alpha value is -3.97. The Morgan fingerprint density at radius 1 is 1.00 bits per heavy atom. The number of aliphatic hydroxyl groups is 1. The van der Waals surface area contributed by atoms with Crippen LogP contribution in [0.25, 0.3) is 5.76 Å². The lowest BCUT2D eigenvalue weighted by molar-refractivity contribution is -0.132. The number of aryl methyl sites for hydroxylation is 1. The summed E-state index contributed by atoms with van der Waals surface area (Å²) < 4.78 is 16.3. The third kappa shape index (κ3) is 4.38. The number of benzene rings is 3. The van der Waals surface area contributed by atoms with Crippen LogP contribution in [0.15, 0.2) is 66.2 Å². The molecule has 8 heteroatoms. The van der Waals surface area contributed by atoms with Gasteiger partial charge in [0.15, 0.2) is 0 Å². The van der Waals surface area contributed by atoms with E-state index in [1.54, 1.807) is 24.3 Å². The van der Waals surface area contributed by atoms with Gasteiger partial charge in [0.25, 0.3) is 11.7 Å². The molecule has 7 nitrogen and oxygen atoms in total. The monoisotopic (exact) mass is 507 g/mol. The molecular weight excluding hydrogens is 482 g/mol. The third-order valence-electron chi connectivity index (χ3n) is 6.06. The molecule has 1 aliphatic heterocycles. The first-order valence-corrected chi connectivity index (χ1v) is 11.7. The summed E-state index contributed by atoms with van der Waals surface area (Å²) in [7, 11) is 2.86. The Labute approximate surface area is 214 Å². The molecule has 3 aromatic rings. The van der Waals surface area contributed by atoms with Crippen LogP contribution in [0.2, 0.25) is 5.02 Å². The maximum Gasteiger partial charge on any atom is 0.300 e. The summed E-state index contributed by atoms with van der Waals surface area (Å²) in [6.07, 6.45) is 0. The van der Waals surface area contributed by atoms with Gasteiger partial charge in [-0.2, -0.15) is 0 Å². The van der Waals surface area contributed by atoms with E-state index in [4.69, 9.17) is 25.8 Å². The van der Waals surface area contributed by atoms with Crippen molar-refractivity contribution in [2.24, 2.45) is 0 Å². The van der Waals surface area contributed by atoms with Gasteiger partial charge in [0.2, 0.25) is 0 Å². The van der Waals surface area contributed by atoms with Crippen molar-refractivity contribution in [1.82, 2.24) is 0 Å². The summed E-state index contributed by atoms with van der Waals surface area (Å²) in [4.78, 5) is 28.3. The van der Waals surface area contributed by atoms with Crippen LogP contribution >= 0.6 is 11.6 Å². The van der Waals surface area contributed by atoms with Crippen molar-refractivity contribution in [1.29, 1.82) is 0 Å². The van der Waals surface area contributed by atoms with Gasteiger partial charge < -0.3 is 19.3 Å². The van der Waals surface area contributed by atoms with Crippen molar-refractivity contribution >= 4 is 34.7 Å². The highest BCUT2D eigenvalue weighted by molar-refractivity contribution is 6.51. The Bertz CT molecular complexity index is 1370. The summed E-state index contributed by atoms with van der Waals surface area (Å²) in [5.41, 5.74) is 2.12. The maximum atomic E-state index is 13.5. The first-order chi connectivity index (χ1) is 17.3. The highest BCUT2D eigenvalue weighted by Crippen LogP contribution is 2.45. The lowest BCUT2D eigenvalue weighted by Crippen LogP contribution is -2.29. The number of aliphatic hydroxyl groups excluding tert-OH is 1. The summed E-state index contributed by atoms with van der Waals surface area (Å²) in [6, 6.07) is 16.4. The van der Waals surface area contributed by atoms with E-state index in [1.807, 2.05) is 38.1 Å². The minimum Gasteiger partial charge on any atom is -0.507 e. The number of rotatable bonds is 7.